The van der Waals surface area contributed by atoms with Gasteiger partial charge >= 0.3 is 0 Å². The zero-order valence-electron chi connectivity index (χ0n) is 19.4. The van der Waals surface area contributed by atoms with Gasteiger partial charge in [-0.3, -0.25) is 9.59 Å². The van der Waals surface area contributed by atoms with Crippen LogP contribution in [0.5, 0.6) is 5.75 Å². The Morgan fingerprint density at radius 3 is 2.47 bits per heavy atom. The predicted molar refractivity (Wildman–Crippen MR) is 132 cm³/mol. The van der Waals surface area contributed by atoms with Crippen molar-refractivity contribution in [1.82, 2.24) is 0 Å². The van der Waals surface area contributed by atoms with Gasteiger partial charge < -0.3 is 14.5 Å². The molecule has 1 amide bonds. The maximum atomic E-state index is 13.4. The van der Waals surface area contributed by atoms with Crippen molar-refractivity contribution in [3.8, 4) is 16.9 Å². The molecule has 1 heterocycles. The number of amides is 1. The van der Waals surface area contributed by atoms with Crippen LogP contribution < -0.4 is 10.1 Å². The Morgan fingerprint density at radius 2 is 1.79 bits per heavy atom. The summed E-state index contributed by atoms with van der Waals surface area (Å²) in [7, 11) is 1.57. The van der Waals surface area contributed by atoms with Crippen molar-refractivity contribution in [2.45, 2.75) is 20.8 Å². The van der Waals surface area contributed by atoms with Crippen molar-refractivity contribution < 1.29 is 23.1 Å². The molecule has 4 aromatic rings. The minimum Gasteiger partial charge on any atom is -0.496 e. The summed E-state index contributed by atoms with van der Waals surface area (Å²) in [5, 5.41) is 3.64. The number of anilines is 1. The number of rotatable bonds is 6. The zero-order valence-corrected chi connectivity index (χ0v) is 19.4. The van der Waals surface area contributed by atoms with Crippen molar-refractivity contribution in [2.75, 3.05) is 12.4 Å². The van der Waals surface area contributed by atoms with E-state index in [1.54, 1.807) is 49.8 Å². The summed E-state index contributed by atoms with van der Waals surface area (Å²) < 4.78 is 24.9. The lowest BCUT2D eigenvalue weighted by atomic mass is 9.96. The summed E-state index contributed by atoms with van der Waals surface area (Å²) in [6.45, 7) is 5.20. The van der Waals surface area contributed by atoms with Crippen LogP contribution in [-0.4, -0.2) is 18.8 Å². The number of allylic oxidation sites excluding steroid dienone is 1. The molecule has 0 aliphatic heterocycles. The highest BCUT2D eigenvalue weighted by molar-refractivity contribution is 6.06. The quantitative estimate of drug-likeness (QED) is 0.255. The standard InChI is InChI=1S/C28H24FNO4/c1-16(12-26(32)30-22-7-5-6-20(13-22)18(3)31)23-14-24-25(19-8-10-21(29)11-9-19)15-34-28(24)17(2)27(23)33-4/h5-15H,1-4H3,(H,30,32)/b16-12+. The Kier molecular flexibility index (Phi) is 6.32. The maximum Gasteiger partial charge on any atom is 0.248 e. The van der Waals surface area contributed by atoms with E-state index >= 15 is 0 Å². The normalized spacial score (nSPS) is 11.5. The fraction of sp³-hybridized carbons (Fsp3) is 0.143. The highest BCUT2D eigenvalue weighted by Crippen LogP contribution is 2.40. The molecule has 6 heteroatoms. The molecule has 0 aliphatic rings. The Balaban J connectivity index is 1.73. The molecule has 4 rings (SSSR count). The number of carbonyl (C=O) groups excluding carboxylic acids is 2. The van der Waals surface area contributed by atoms with Crippen molar-refractivity contribution in [1.29, 1.82) is 0 Å². The molecule has 0 saturated heterocycles. The van der Waals surface area contributed by atoms with Crippen LogP contribution in [0.15, 0.2) is 71.4 Å². The average molecular weight is 458 g/mol. The number of methoxy groups -OCH3 is 1. The van der Waals surface area contributed by atoms with Gasteiger partial charge in [-0.2, -0.15) is 0 Å². The second kappa shape index (κ2) is 9.35. The van der Waals surface area contributed by atoms with Gasteiger partial charge in [-0.25, -0.2) is 4.39 Å². The van der Waals surface area contributed by atoms with Crippen LogP contribution in [0.3, 0.4) is 0 Å². The third kappa shape index (κ3) is 4.48. The van der Waals surface area contributed by atoms with Crippen LogP contribution in [-0.2, 0) is 4.79 Å². The number of ether oxygens (including phenoxy) is 1. The van der Waals surface area contributed by atoms with E-state index in [1.165, 1.54) is 25.1 Å². The summed E-state index contributed by atoms with van der Waals surface area (Å²) in [5.74, 6) is -0.112. The molecule has 3 aromatic carbocycles. The molecule has 0 saturated carbocycles. The van der Waals surface area contributed by atoms with Crippen LogP contribution in [0.4, 0.5) is 10.1 Å². The first kappa shape index (κ1) is 23.0. The summed E-state index contributed by atoms with van der Waals surface area (Å²) in [6.07, 6.45) is 3.13. The van der Waals surface area contributed by atoms with Crippen molar-refractivity contribution in [3.63, 3.8) is 0 Å². The molecular formula is C28H24FNO4. The number of hydrogen-bond donors (Lipinski definition) is 1. The fourth-order valence-electron chi connectivity index (χ4n) is 3.99. The number of halogens is 1. The smallest absolute Gasteiger partial charge is 0.248 e. The summed E-state index contributed by atoms with van der Waals surface area (Å²) in [5.41, 5.74) is 5.59. The molecule has 1 N–H and O–H groups in total. The number of ketones is 1. The van der Waals surface area contributed by atoms with Gasteiger partial charge in [0.05, 0.1) is 13.4 Å². The van der Waals surface area contributed by atoms with Gasteiger partial charge in [-0.15, -0.1) is 0 Å². The first-order valence-electron chi connectivity index (χ1n) is 10.7. The number of benzene rings is 3. The van der Waals surface area contributed by atoms with Gasteiger partial charge in [0.2, 0.25) is 5.91 Å². The van der Waals surface area contributed by atoms with Crippen LogP contribution >= 0.6 is 0 Å². The molecule has 5 nitrogen and oxygen atoms in total. The lowest BCUT2D eigenvalue weighted by Gasteiger charge is -2.13. The second-order valence-electron chi connectivity index (χ2n) is 8.07. The highest BCUT2D eigenvalue weighted by Gasteiger charge is 2.19. The van der Waals surface area contributed by atoms with E-state index in [4.69, 9.17) is 9.15 Å². The Bertz CT molecular complexity index is 1430. The fourth-order valence-corrected chi connectivity index (χ4v) is 3.99. The minimum atomic E-state index is -0.330. The molecule has 0 atom stereocenters. The number of Topliss-reactive ketones (excluding diaryl/α,β-unsaturated/α-hetero) is 1. The second-order valence-corrected chi connectivity index (χ2v) is 8.07. The van der Waals surface area contributed by atoms with Gasteiger partial charge in [0.25, 0.3) is 0 Å². The van der Waals surface area contributed by atoms with Gasteiger partial charge in [-0.05, 0) is 62.2 Å². The van der Waals surface area contributed by atoms with Crippen molar-refractivity contribution >= 4 is 33.9 Å². The third-order valence-electron chi connectivity index (χ3n) is 5.71. The summed E-state index contributed by atoms with van der Waals surface area (Å²) >= 11 is 0. The monoisotopic (exact) mass is 457 g/mol. The molecule has 0 radical (unpaired) electrons. The van der Waals surface area contributed by atoms with Crippen LogP contribution in [0.25, 0.3) is 27.7 Å². The third-order valence-corrected chi connectivity index (χ3v) is 5.71. The molecule has 0 aliphatic carbocycles. The van der Waals surface area contributed by atoms with E-state index in [1.807, 2.05) is 19.9 Å². The van der Waals surface area contributed by atoms with Gasteiger partial charge in [0.1, 0.15) is 17.1 Å². The Morgan fingerprint density at radius 1 is 1.06 bits per heavy atom. The molecule has 1 aromatic heterocycles. The topological polar surface area (TPSA) is 68.5 Å². The summed E-state index contributed by atoms with van der Waals surface area (Å²) in [6, 6.07) is 14.9. The van der Waals surface area contributed by atoms with E-state index in [0.717, 1.165) is 27.6 Å². The highest BCUT2D eigenvalue weighted by atomic mass is 19.1. The number of nitrogens with one attached hydrogen (secondary N) is 1. The van der Waals surface area contributed by atoms with E-state index in [9.17, 15) is 14.0 Å². The molecule has 0 unspecified atom stereocenters. The van der Waals surface area contributed by atoms with Crippen LogP contribution in [0.2, 0.25) is 0 Å². The molecule has 34 heavy (non-hydrogen) atoms. The molecule has 172 valence electrons. The Hall–Kier alpha value is -4.19. The largest absolute Gasteiger partial charge is 0.496 e. The number of hydrogen-bond acceptors (Lipinski definition) is 4. The van der Waals surface area contributed by atoms with Crippen molar-refractivity contribution in [3.05, 3.63) is 89.4 Å². The van der Waals surface area contributed by atoms with E-state index in [-0.39, 0.29) is 17.5 Å². The molecular weight excluding hydrogens is 433 g/mol. The lowest BCUT2D eigenvalue weighted by molar-refractivity contribution is -0.111. The molecule has 0 bridgehead atoms. The Labute approximate surface area is 196 Å². The minimum absolute atomic E-state index is 0.0755. The molecule has 0 spiro atoms. The van der Waals surface area contributed by atoms with Crippen molar-refractivity contribution in [2.24, 2.45) is 0 Å². The van der Waals surface area contributed by atoms with Gasteiger partial charge in [-0.1, -0.05) is 24.3 Å². The lowest BCUT2D eigenvalue weighted by Crippen LogP contribution is -2.09. The number of fused-ring (bicyclic) bond motifs is 1. The van der Waals surface area contributed by atoms with Crippen LogP contribution in [0.1, 0.15) is 35.3 Å². The SMILES string of the molecule is COc1c(/C(C)=C/C(=O)Nc2cccc(C(C)=O)c2)cc2c(-c3ccc(F)cc3)coc2c1C. The van der Waals surface area contributed by atoms with E-state index < -0.39 is 0 Å². The average Bonchev–Trinajstić information content (AvgIpc) is 3.24. The molecule has 0 fully saturated rings. The summed E-state index contributed by atoms with van der Waals surface area (Å²) in [4.78, 5) is 24.3. The zero-order chi connectivity index (χ0) is 24.4. The number of carbonyl (C=O) groups is 2. The number of aryl methyl sites for hydroxylation is 1. The van der Waals surface area contributed by atoms with Crippen LogP contribution in [0, 0.1) is 12.7 Å². The first-order chi connectivity index (χ1) is 16.3. The van der Waals surface area contributed by atoms with Gasteiger partial charge in [0, 0.05) is 39.4 Å². The van der Waals surface area contributed by atoms with E-state index in [0.29, 0.717) is 28.2 Å². The van der Waals surface area contributed by atoms with E-state index in [2.05, 4.69) is 5.32 Å². The van der Waals surface area contributed by atoms with Gasteiger partial charge in [0.15, 0.2) is 5.78 Å². The maximum absolute atomic E-state index is 13.4. The predicted octanol–water partition coefficient (Wildman–Crippen LogP) is 6.80. The number of furan rings is 1. The first-order valence-corrected chi connectivity index (χ1v) is 10.7.